The standard InChI is InChI=1S/C20H18FN3O2/c1-23-19(25)16-8-4-3-7-15(16)18(22-23)20(26)24(14-10-11-14)12-13-6-2-5-9-17(13)21/h2-9,14H,10-12H2,1H3. The average molecular weight is 351 g/mol. The van der Waals surface area contributed by atoms with Crippen molar-refractivity contribution in [3.8, 4) is 0 Å². The molecule has 0 spiro atoms. The Morgan fingerprint density at radius 3 is 2.50 bits per heavy atom. The zero-order chi connectivity index (χ0) is 18.3. The summed E-state index contributed by atoms with van der Waals surface area (Å²) in [6, 6.07) is 13.5. The number of carbonyl (C=O) groups is 1. The second-order valence-corrected chi connectivity index (χ2v) is 6.58. The Kier molecular flexibility index (Phi) is 4.03. The van der Waals surface area contributed by atoms with E-state index >= 15 is 0 Å². The quantitative estimate of drug-likeness (QED) is 0.726. The van der Waals surface area contributed by atoms with E-state index in [1.807, 2.05) is 0 Å². The molecule has 1 heterocycles. The van der Waals surface area contributed by atoms with Crippen molar-refractivity contribution in [2.75, 3.05) is 0 Å². The van der Waals surface area contributed by atoms with Gasteiger partial charge in [0.2, 0.25) is 0 Å². The molecule has 1 amide bonds. The van der Waals surface area contributed by atoms with Crippen LogP contribution in [0, 0.1) is 5.82 Å². The first kappa shape index (κ1) is 16.4. The van der Waals surface area contributed by atoms with Crippen molar-refractivity contribution in [2.24, 2.45) is 7.05 Å². The molecule has 0 bridgehead atoms. The van der Waals surface area contributed by atoms with Gasteiger partial charge in [0.05, 0.1) is 5.39 Å². The largest absolute Gasteiger partial charge is 0.330 e. The van der Waals surface area contributed by atoms with E-state index in [4.69, 9.17) is 0 Å². The van der Waals surface area contributed by atoms with Crippen LogP contribution in [0.2, 0.25) is 0 Å². The molecule has 3 aromatic rings. The third-order valence-corrected chi connectivity index (χ3v) is 4.71. The maximum atomic E-state index is 14.1. The summed E-state index contributed by atoms with van der Waals surface area (Å²) >= 11 is 0. The van der Waals surface area contributed by atoms with E-state index in [0.29, 0.717) is 16.3 Å². The zero-order valence-corrected chi connectivity index (χ0v) is 14.4. The van der Waals surface area contributed by atoms with Gasteiger partial charge in [0.25, 0.3) is 11.5 Å². The fraction of sp³-hybridized carbons (Fsp3) is 0.250. The van der Waals surface area contributed by atoms with E-state index in [-0.39, 0.29) is 35.6 Å². The number of fused-ring (bicyclic) bond motifs is 1. The Morgan fingerprint density at radius 1 is 1.15 bits per heavy atom. The number of nitrogens with zero attached hydrogens (tertiary/aromatic N) is 3. The molecule has 0 atom stereocenters. The molecule has 0 radical (unpaired) electrons. The second-order valence-electron chi connectivity index (χ2n) is 6.58. The van der Waals surface area contributed by atoms with Gasteiger partial charge in [-0.1, -0.05) is 36.4 Å². The number of aromatic nitrogens is 2. The number of hydrogen-bond donors (Lipinski definition) is 0. The zero-order valence-electron chi connectivity index (χ0n) is 14.4. The Morgan fingerprint density at radius 2 is 1.81 bits per heavy atom. The maximum absolute atomic E-state index is 14.1. The van der Waals surface area contributed by atoms with Gasteiger partial charge in [-0.2, -0.15) is 5.10 Å². The molecule has 1 saturated carbocycles. The predicted molar refractivity (Wildman–Crippen MR) is 96.3 cm³/mol. The van der Waals surface area contributed by atoms with Crippen LogP contribution in [-0.4, -0.2) is 26.6 Å². The first-order chi connectivity index (χ1) is 12.6. The minimum atomic E-state index is -0.329. The van der Waals surface area contributed by atoms with Crippen molar-refractivity contribution in [1.29, 1.82) is 0 Å². The van der Waals surface area contributed by atoms with Crippen molar-refractivity contribution in [3.05, 3.63) is 76.0 Å². The van der Waals surface area contributed by atoms with Gasteiger partial charge in [0.15, 0.2) is 5.69 Å². The van der Waals surface area contributed by atoms with Crippen LogP contribution in [0.5, 0.6) is 0 Å². The highest BCUT2D eigenvalue weighted by Gasteiger charge is 2.35. The van der Waals surface area contributed by atoms with Crippen molar-refractivity contribution in [2.45, 2.75) is 25.4 Å². The molecule has 0 unspecified atom stereocenters. The smallest absolute Gasteiger partial charge is 0.275 e. The van der Waals surface area contributed by atoms with Gasteiger partial charge < -0.3 is 4.90 Å². The van der Waals surface area contributed by atoms with Crippen LogP contribution in [0.4, 0.5) is 4.39 Å². The van der Waals surface area contributed by atoms with Crippen LogP contribution >= 0.6 is 0 Å². The Bertz CT molecular complexity index is 1060. The van der Waals surface area contributed by atoms with Gasteiger partial charge in [-0.3, -0.25) is 9.59 Å². The molecule has 0 aliphatic heterocycles. The van der Waals surface area contributed by atoms with Crippen LogP contribution in [0.15, 0.2) is 53.3 Å². The summed E-state index contributed by atoms with van der Waals surface area (Å²) in [6.07, 6.45) is 1.79. The van der Waals surface area contributed by atoms with Crippen LogP contribution in [-0.2, 0) is 13.6 Å². The fourth-order valence-corrected chi connectivity index (χ4v) is 3.16. The van der Waals surface area contributed by atoms with Gasteiger partial charge >= 0.3 is 0 Å². The van der Waals surface area contributed by atoms with E-state index in [9.17, 15) is 14.0 Å². The fourth-order valence-electron chi connectivity index (χ4n) is 3.16. The number of benzene rings is 2. The number of amides is 1. The minimum Gasteiger partial charge on any atom is -0.330 e. The van der Waals surface area contributed by atoms with Crippen molar-refractivity contribution < 1.29 is 9.18 Å². The summed E-state index contributed by atoms with van der Waals surface area (Å²) < 4.78 is 15.3. The number of aryl methyl sites for hydroxylation is 1. The molecule has 0 N–H and O–H groups in total. The van der Waals surface area contributed by atoms with E-state index in [0.717, 1.165) is 12.8 Å². The number of carbonyl (C=O) groups excluding carboxylic acids is 1. The molecular weight excluding hydrogens is 333 g/mol. The van der Waals surface area contributed by atoms with Gasteiger partial charge in [0, 0.05) is 30.6 Å². The third-order valence-electron chi connectivity index (χ3n) is 4.71. The first-order valence-electron chi connectivity index (χ1n) is 8.56. The summed E-state index contributed by atoms with van der Waals surface area (Å²) in [7, 11) is 1.53. The molecule has 4 rings (SSSR count). The van der Waals surface area contributed by atoms with Crippen molar-refractivity contribution in [3.63, 3.8) is 0 Å². The van der Waals surface area contributed by atoms with E-state index in [1.165, 1.54) is 17.8 Å². The second kappa shape index (κ2) is 6.37. The Hall–Kier alpha value is -3.02. The van der Waals surface area contributed by atoms with Crippen LogP contribution in [0.25, 0.3) is 10.8 Å². The molecule has 6 heteroatoms. The lowest BCUT2D eigenvalue weighted by Crippen LogP contribution is -2.35. The highest BCUT2D eigenvalue weighted by molar-refractivity contribution is 6.05. The van der Waals surface area contributed by atoms with E-state index in [1.54, 1.807) is 47.4 Å². The SMILES string of the molecule is Cn1nc(C(=O)N(Cc2ccccc2F)C2CC2)c2ccccc2c1=O. The molecule has 1 fully saturated rings. The summed E-state index contributed by atoms with van der Waals surface area (Å²) in [5.41, 5.74) is 0.456. The van der Waals surface area contributed by atoms with Crippen molar-refractivity contribution >= 4 is 16.7 Å². The molecule has 1 aliphatic carbocycles. The topological polar surface area (TPSA) is 55.2 Å². The van der Waals surface area contributed by atoms with E-state index in [2.05, 4.69) is 5.10 Å². The molecule has 1 aromatic heterocycles. The highest BCUT2D eigenvalue weighted by atomic mass is 19.1. The lowest BCUT2D eigenvalue weighted by molar-refractivity contribution is 0.0722. The molecule has 132 valence electrons. The summed E-state index contributed by atoms with van der Waals surface area (Å²) in [4.78, 5) is 27.2. The number of hydrogen-bond acceptors (Lipinski definition) is 3. The molecule has 1 aliphatic rings. The Labute approximate surface area is 149 Å². The molecule has 5 nitrogen and oxygen atoms in total. The summed E-state index contributed by atoms with van der Waals surface area (Å²) in [5, 5.41) is 5.20. The minimum absolute atomic E-state index is 0.0832. The van der Waals surface area contributed by atoms with Gasteiger partial charge in [-0.25, -0.2) is 9.07 Å². The normalized spacial score (nSPS) is 13.8. The van der Waals surface area contributed by atoms with Gasteiger partial charge in [0.1, 0.15) is 5.82 Å². The van der Waals surface area contributed by atoms with Gasteiger partial charge in [-0.15, -0.1) is 0 Å². The first-order valence-corrected chi connectivity index (χ1v) is 8.56. The summed E-state index contributed by atoms with van der Waals surface area (Å²) in [5.74, 6) is -0.605. The van der Waals surface area contributed by atoms with Crippen molar-refractivity contribution in [1.82, 2.24) is 14.7 Å². The monoisotopic (exact) mass is 351 g/mol. The molecular formula is C20H18FN3O2. The Balaban J connectivity index is 1.78. The lowest BCUT2D eigenvalue weighted by Gasteiger charge is -2.23. The van der Waals surface area contributed by atoms with Crippen LogP contribution < -0.4 is 5.56 Å². The highest BCUT2D eigenvalue weighted by Crippen LogP contribution is 2.31. The summed E-state index contributed by atoms with van der Waals surface area (Å²) in [6.45, 7) is 0.190. The lowest BCUT2D eigenvalue weighted by atomic mass is 10.1. The van der Waals surface area contributed by atoms with Crippen LogP contribution in [0.1, 0.15) is 28.9 Å². The van der Waals surface area contributed by atoms with Gasteiger partial charge in [-0.05, 0) is 25.0 Å². The average Bonchev–Trinajstić information content (AvgIpc) is 3.48. The molecule has 0 saturated heterocycles. The van der Waals surface area contributed by atoms with E-state index < -0.39 is 0 Å². The molecule has 2 aromatic carbocycles. The van der Waals surface area contributed by atoms with Crippen LogP contribution in [0.3, 0.4) is 0 Å². The molecule has 26 heavy (non-hydrogen) atoms. The third kappa shape index (κ3) is 2.87. The number of rotatable bonds is 4. The predicted octanol–water partition coefficient (Wildman–Crippen LogP) is 2.88. The maximum Gasteiger partial charge on any atom is 0.275 e. The number of halogens is 1.